The van der Waals surface area contributed by atoms with Gasteiger partial charge in [-0.25, -0.2) is 4.79 Å². The van der Waals surface area contributed by atoms with Crippen molar-refractivity contribution < 1.29 is 18.7 Å². The number of carbonyl (C=O) groups is 1. The van der Waals surface area contributed by atoms with Gasteiger partial charge in [0.25, 0.3) is 0 Å². The highest BCUT2D eigenvalue weighted by Crippen LogP contribution is 2.34. The van der Waals surface area contributed by atoms with Crippen molar-refractivity contribution in [2.45, 2.75) is 6.04 Å². The first-order valence-electron chi connectivity index (χ1n) is 7.76. The smallest absolute Gasteiger partial charge is 0.319 e. The molecule has 0 spiro atoms. The normalized spacial score (nSPS) is 13.4. The van der Waals surface area contributed by atoms with Crippen LogP contribution in [0.4, 0.5) is 10.5 Å². The number of aromatic nitrogens is 2. The van der Waals surface area contributed by atoms with Gasteiger partial charge >= 0.3 is 6.03 Å². The summed E-state index contributed by atoms with van der Waals surface area (Å²) in [5.41, 5.74) is 0.621. The number of nitrogens with one attached hydrogen (secondary N) is 2. The lowest BCUT2D eigenvalue weighted by Gasteiger charge is -2.16. The maximum absolute atomic E-state index is 12.2. The molecule has 0 bridgehead atoms. The van der Waals surface area contributed by atoms with Crippen molar-refractivity contribution in [1.82, 2.24) is 15.1 Å². The van der Waals surface area contributed by atoms with Crippen LogP contribution in [0.25, 0.3) is 0 Å². The summed E-state index contributed by atoms with van der Waals surface area (Å²) in [7, 11) is 0. The topological polar surface area (TPSA) is 90.6 Å². The molecule has 4 rings (SSSR count). The first-order chi connectivity index (χ1) is 12.3. The first-order valence-corrected chi connectivity index (χ1v) is 7.76. The average Bonchev–Trinajstić information content (AvgIpc) is 3.37. The van der Waals surface area contributed by atoms with Gasteiger partial charge in [-0.1, -0.05) is 0 Å². The Morgan fingerprint density at radius 1 is 1.24 bits per heavy atom. The molecule has 0 saturated heterocycles. The minimum absolute atomic E-state index is 0.194. The van der Waals surface area contributed by atoms with E-state index in [0.29, 0.717) is 29.5 Å². The van der Waals surface area contributed by atoms with Crippen molar-refractivity contribution in [2.75, 3.05) is 18.7 Å². The minimum atomic E-state index is -0.331. The molecule has 0 unspecified atom stereocenters. The summed E-state index contributed by atoms with van der Waals surface area (Å²) in [6.07, 6.45) is 5.10. The van der Waals surface area contributed by atoms with Crippen LogP contribution in [-0.4, -0.2) is 29.1 Å². The van der Waals surface area contributed by atoms with E-state index < -0.39 is 0 Å². The Bertz CT molecular complexity index is 811. The van der Waals surface area contributed by atoms with E-state index in [9.17, 15) is 4.79 Å². The van der Waals surface area contributed by atoms with Gasteiger partial charge in [0.05, 0.1) is 6.26 Å². The molecular weight excluding hydrogens is 324 g/mol. The third kappa shape index (κ3) is 3.27. The number of hydrogen-bond acceptors (Lipinski definition) is 5. The van der Waals surface area contributed by atoms with E-state index in [1.54, 1.807) is 41.4 Å². The molecule has 8 heteroatoms. The molecule has 1 aliphatic rings. The molecule has 2 N–H and O–H groups in total. The second-order valence-electron chi connectivity index (χ2n) is 5.42. The molecule has 3 aromatic rings. The summed E-state index contributed by atoms with van der Waals surface area (Å²) in [6.45, 7) is 0.519. The van der Waals surface area contributed by atoms with Gasteiger partial charge in [0.1, 0.15) is 11.8 Å². The number of anilines is 1. The molecule has 25 heavy (non-hydrogen) atoms. The van der Waals surface area contributed by atoms with Crippen LogP contribution >= 0.6 is 0 Å². The highest BCUT2D eigenvalue weighted by atomic mass is 16.7. The van der Waals surface area contributed by atoms with Crippen molar-refractivity contribution in [3.8, 4) is 11.5 Å². The quantitative estimate of drug-likeness (QED) is 0.745. The van der Waals surface area contributed by atoms with Gasteiger partial charge in [-0.3, -0.25) is 4.68 Å². The number of rotatable bonds is 5. The Balaban J connectivity index is 1.40. The van der Waals surface area contributed by atoms with Crippen molar-refractivity contribution in [2.24, 2.45) is 0 Å². The van der Waals surface area contributed by atoms with Crippen molar-refractivity contribution >= 4 is 11.7 Å². The van der Waals surface area contributed by atoms with Crippen LogP contribution in [-0.2, 0) is 0 Å². The standard InChI is InChI=1S/C17H16N4O4/c22-17(20-12-4-5-15-16(9-12)25-11-24-15)18-10-13(14-3-1-8-23-14)21-7-2-6-19-21/h1-9,13H,10-11H2,(H2,18,20,22)/t13-/m0/s1. The van der Waals surface area contributed by atoms with Crippen LogP contribution in [0.2, 0.25) is 0 Å². The zero-order chi connectivity index (χ0) is 17.1. The van der Waals surface area contributed by atoms with E-state index in [1.165, 1.54) is 0 Å². The Morgan fingerprint density at radius 2 is 2.16 bits per heavy atom. The number of furan rings is 1. The summed E-state index contributed by atoms with van der Waals surface area (Å²) >= 11 is 0. The van der Waals surface area contributed by atoms with Gasteiger partial charge in [-0.2, -0.15) is 5.10 Å². The molecule has 0 saturated carbocycles. The summed E-state index contributed by atoms with van der Waals surface area (Å²) in [4.78, 5) is 12.2. The fourth-order valence-electron chi connectivity index (χ4n) is 2.61. The van der Waals surface area contributed by atoms with E-state index in [4.69, 9.17) is 13.9 Å². The van der Waals surface area contributed by atoms with Crippen molar-refractivity contribution in [3.05, 3.63) is 60.8 Å². The van der Waals surface area contributed by atoms with Gasteiger partial charge in [0.15, 0.2) is 11.5 Å². The SMILES string of the molecule is O=C(NC[C@@H](c1ccco1)n1cccn1)Nc1ccc2c(c1)OCO2. The monoisotopic (exact) mass is 340 g/mol. The summed E-state index contributed by atoms with van der Waals surface area (Å²) in [6, 6.07) is 10.2. The van der Waals surface area contributed by atoms with Gasteiger partial charge in [-0.15, -0.1) is 0 Å². The molecule has 8 nitrogen and oxygen atoms in total. The summed E-state index contributed by atoms with van der Waals surface area (Å²) < 4.78 is 17.7. The predicted molar refractivity (Wildman–Crippen MR) is 88.7 cm³/mol. The van der Waals surface area contributed by atoms with E-state index in [-0.39, 0.29) is 18.9 Å². The second kappa shape index (κ2) is 6.60. The molecule has 1 aliphatic heterocycles. The summed E-state index contributed by atoms with van der Waals surface area (Å²) in [5, 5.41) is 9.83. The highest BCUT2D eigenvalue weighted by molar-refractivity contribution is 5.89. The molecular formula is C17H16N4O4. The Hall–Kier alpha value is -3.42. The van der Waals surface area contributed by atoms with Crippen molar-refractivity contribution in [3.63, 3.8) is 0 Å². The van der Waals surface area contributed by atoms with Crippen LogP contribution in [0.3, 0.4) is 0 Å². The third-order valence-corrected chi connectivity index (χ3v) is 3.80. The summed E-state index contributed by atoms with van der Waals surface area (Å²) in [5.74, 6) is 2.00. The van der Waals surface area contributed by atoms with E-state index in [0.717, 1.165) is 0 Å². The molecule has 2 aromatic heterocycles. The maximum Gasteiger partial charge on any atom is 0.319 e. The van der Waals surface area contributed by atoms with Crippen LogP contribution in [0.15, 0.2) is 59.5 Å². The lowest BCUT2D eigenvalue weighted by molar-refractivity contribution is 0.174. The molecule has 0 fully saturated rings. The van der Waals surface area contributed by atoms with Gasteiger partial charge < -0.3 is 24.5 Å². The van der Waals surface area contributed by atoms with Crippen LogP contribution in [0.5, 0.6) is 11.5 Å². The molecule has 0 radical (unpaired) electrons. The molecule has 1 atom stereocenters. The average molecular weight is 340 g/mol. The fourth-order valence-corrected chi connectivity index (χ4v) is 2.61. The number of hydrogen-bond donors (Lipinski definition) is 2. The van der Waals surface area contributed by atoms with Gasteiger partial charge in [0, 0.05) is 30.7 Å². The van der Waals surface area contributed by atoms with E-state index in [2.05, 4.69) is 15.7 Å². The number of fused-ring (bicyclic) bond motifs is 1. The van der Waals surface area contributed by atoms with Crippen LogP contribution in [0, 0.1) is 0 Å². The zero-order valence-corrected chi connectivity index (χ0v) is 13.2. The zero-order valence-electron chi connectivity index (χ0n) is 13.2. The van der Waals surface area contributed by atoms with Gasteiger partial charge in [-0.05, 0) is 30.3 Å². The van der Waals surface area contributed by atoms with E-state index >= 15 is 0 Å². The lowest BCUT2D eigenvalue weighted by atomic mass is 10.2. The largest absolute Gasteiger partial charge is 0.467 e. The second-order valence-corrected chi connectivity index (χ2v) is 5.42. The molecule has 3 heterocycles. The van der Waals surface area contributed by atoms with Crippen molar-refractivity contribution in [1.29, 1.82) is 0 Å². The Kier molecular flexibility index (Phi) is 3.99. The first kappa shape index (κ1) is 15.1. The fraction of sp³-hybridized carbons (Fsp3) is 0.176. The van der Waals surface area contributed by atoms with Crippen LogP contribution in [0.1, 0.15) is 11.8 Å². The maximum atomic E-state index is 12.2. The number of ether oxygens (including phenoxy) is 2. The lowest BCUT2D eigenvalue weighted by Crippen LogP contribution is -2.34. The molecule has 128 valence electrons. The van der Waals surface area contributed by atoms with Gasteiger partial charge in [0.2, 0.25) is 6.79 Å². The predicted octanol–water partition coefficient (Wildman–Crippen LogP) is 2.62. The molecule has 2 amide bonds. The Labute approximate surface area is 143 Å². The molecule has 0 aliphatic carbocycles. The Morgan fingerprint density at radius 3 is 2.96 bits per heavy atom. The number of nitrogens with zero attached hydrogens (tertiary/aromatic N) is 2. The third-order valence-electron chi connectivity index (χ3n) is 3.80. The number of urea groups is 1. The van der Waals surface area contributed by atoms with Crippen LogP contribution < -0.4 is 20.1 Å². The van der Waals surface area contributed by atoms with E-state index in [1.807, 2.05) is 18.3 Å². The number of carbonyl (C=O) groups excluding carboxylic acids is 1. The number of benzene rings is 1. The molecule has 1 aromatic carbocycles. The minimum Gasteiger partial charge on any atom is -0.467 e. The highest BCUT2D eigenvalue weighted by Gasteiger charge is 2.18. The number of amides is 2.